The lowest BCUT2D eigenvalue weighted by Crippen LogP contribution is -3.14. The lowest BCUT2D eigenvalue weighted by atomic mass is 10.2. The largest absolute Gasteiger partial charge is 0.370 e. The van der Waals surface area contributed by atoms with Gasteiger partial charge in [0.1, 0.15) is 17.9 Å². The van der Waals surface area contributed by atoms with Gasteiger partial charge in [-0.2, -0.15) is 0 Å². The molecule has 1 saturated heterocycles. The molecule has 3 heterocycles. The Hall–Kier alpha value is -1.67. The second-order valence-electron chi connectivity index (χ2n) is 7.29. The number of rotatable bonds is 5. The van der Waals surface area contributed by atoms with E-state index < -0.39 is 0 Å². The Kier molecular flexibility index (Phi) is 5.87. The molecule has 1 aliphatic rings. The third-order valence-electron chi connectivity index (χ3n) is 5.35. The molecule has 0 radical (unpaired) electrons. The number of aryl methyl sites for hydroxylation is 3. The van der Waals surface area contributed by atoms with Crippen LogP contribution in [0, 0.1) is 20.8 Å². The normalized spacial score (nSPS) is 15.4. The van der Waals surface area contributed by atoms with Crippen molar-refractivity contribution in [2.45, 2.75) is 25.9 Å². The standard InChI is InChI=1S/C21H25N3O2S2/c1-14-4-6-17(7-5-14)24-20(25)18-15(2)16(3)28-19(18)22-21(24)27-13-10-23-8-11-26-12-9-23/h4-7H,8-13H2,1-3H3/p+1. The maximum absolute atomic E-state index is 13.4. The molecule has 0 spiro atoms. The van der Waals surface area contributed by atoms with E-state index in [1.165, 1.54) is 5.56 Å². The second-order valence-corrected chi connectivity index (χ2v) is 9.56. The van der Waals surface area contributed by atoms with Gasteiger partial charge in [-0.1, -0.05) is 29.5 Å². The van der Waals surface area contributed by atoms with Gasteiger partial charge < -0.3 is 9.64 Å². The Morgan fingerprint density at radius 2 is 1.89 bits per heavy atom. The first-order valence-corrected chi connectivity index (χ1v) is 11.5. The van der Waals surface area contributed by atoms with Crippen molar-refractivity contribution in [1.82, 2.24) is 9.55 Å². The van der Waals surface area contributed by atoms with Gasteiger partial charge in [-0.05, 0) is 38.5 Å². The molecule has 2 aromatic heterocycles. The van der Waals surface area contributed by atoms with Gasteiger partial charge in [0, 0.05) is 4.88 Å². The van der Waals surface area contributed by atoms with Crippen LogP contribution in [0.15, 0.2) is 34.2 Å². The molecule has 0 amide bonds. The molecule has 4 rings (SSSR count). The Labute approximate surface area is 173 Å². The number of aromatic nitrogens is 2. The Morgan fingerprint density at radius 1 is 1.18 bits per heavy atom. The number of quaternary nitrogens is 1. The van der Waals surface area contributed by atoms with Gasteiger partial charge >= 0.3 is 0 Å². The maximum atomic E-state index is 13.4. The fourth-order valence-corrected chi connectivity index (χ4v) is 5.61. The van der Waals surface area contributed by atoms with Gasteiger partial charge in [0.05, 0.1) is 36.6 Å². The summed E-state index contributed by atoms with van der Waals surface area (Å²) in [6.07, 6.45) is 0. The van der Waals surface area contributed by atoms with Crippen molar-refractivity contribution in [3.8, 4) is 5.69 Å². The lowest BCUT2D eigenvalue weighted by Gasteiger charge is -2.23. The zero-order valence-corrected chi connectivity index (χ0v) is 18.2. The van der Waals surface area contributed by atoms with E-state index in [1.54, 1.807) is 32.6 Å². The Bertz CT molecular complexity index is 1030. The molecular weight excluding hydrogens is 390 g/mol. The van der Waals surface area contributed by atoms with Crippen LogP contribution in [0.1, 0.15) is 16.0 Å². The number of ether oxygens (including phenoxy) is 1. The van der Waals surface area contributed by atoms with E-state index in [1.807, 2.05) is 31.2 Å². The van der Waals surface area contributed by atoms with Gasteiger partial charge in [-0.15, -0.1) is 11.3 Å². The van der Waals surface area contributed by atoms with Crippen molar-refractivity contribution in [2.75, 3.05) is 38.6 Å². The smallest absolute Gasteiger partial charge is 0.267 e. The highest BCUT2D eigenvalue weighted by Crippen LogP contribution is 2.29. The molecule has 0 atom stereocenters. The molecule has 7 heteroatoms. The van der Waals surface area contributed by atoms with Crippen molar-refractivity contribution in [1.29, 1.82) is 0 Å². The third kappa shape index (κ3) is 3.89. The number of hydrogen-bond acceptors (Lipinski definition) is 5. The van der Waals surface area contributed by atoms with Crippen LogP contribution in [0.3, 0.4) is 0 Å². The Balaban J connectivity index is 1.71. The van der Waals surface area contributed by atoms with E-state index >= 15 is 0 Å². The van der Waals surface area contributed by atoms with Crippen molar-refractivity contribution in [3.63, 3.8) is 0 Å². The van der Waals surface area contributed by atoms with Crippen LogP contribution in [0.2, 0.25) is 0 Å². The second kappa shape index (κ2) is 8.37. The molecule has 0 unspecified atom stereocenters. The van der Waals surface area contributed by atoms with E-state index in [9.17, 15) is 4.79 Å². The summed E-state index contributed by atoms with van der Waals surface area (Å²) < 4.78 is 7.24. The van der Waals surface area contributed by atoms with E-state index in [0.717, 1.165) is 70.1 Å². The van der Waals surface area contributed by atoms with Crippen LogP contribution in [0.25, 0.3) is 15.9 Å². The summed E-state index contributed by atoms with van der Waals surface area (Å²) in [6, 6.07) is 8.11. The summed E-state index contributed by atoms with van der Waals surface area (Å²) in [7, 11) is 0. The minimum atomic E-state index is 0.0388. The molecule has 1 N–H and O–H groups in total. The molecular formula is C21H26N3O2S2+. The summed E-state index contributed by atoms with van der Waals surface area (Å²) in [6.45, 7) is 11.0. The first kappa shape index (κ1) is 19.6. The Morgan fingerprint density at radius 3 is 2.61 bits per heavy atom. The van der Waals surface area contributed by atoms with Gasteiger partial charge in [0.25, 0.3) is 5.56 Å². The number of hydrogen-bond donors (Lipinski definition) is 1. The highest BCUT2D eigenvalue weighted by atomic mass is 32.2. The van der Waals surface area contributed by atoms with Crippen LogP contribution in [0.4, 0.5) is 0 Å². The van der Waals surface area contributed by atoms with Gasteiger partial charge in [0.2, 0.25) is 0 Å². The predicted octanol–water partition coefficient (Wildman–Crippen LogP) is 2.38. The number of thioether (sulfide) groups is 1. The molecule has 0 bridgehead atoms. The maximum Gasteiger partial charge on any atom is 0.267 e. The van der Waals surface area contributed by atoms with E-state index in [2.05, 4.69) is 13.8 Å². The quantitative estimate of drug-likeness (QED) is 0.513. The first-order valence-electron chi connectivity index (χ1n) is 9.68. The van der Waals surface area contributed by atoms with Crippen molar-refractivity contribution >= 4 is 33.3 Å². The molecule has 148 valence electrons. The molecule has 3 aromatic rings. The zero-order valence-electron chi connectivity index (χ0n) is 16.6. The number of nitrogens with one attached hydrogen (secondary N) is 1. The van der Waals surface area contributed by atoms with Crippen LogP contribution in [0.5, 0.6) is 0 Å². The van der Waals surface area contributed by atoms with E-state index in [0.29, 0.717) is 0 Å². The summed E-state index contributed by atoms with van der Waals surface area (Å²) in [5, 5.41) is 1.54. The molecule has 28 heavy (non-hydrogen) atoms. The molecule has 1 aromatic carbocycles. The van der Waals surface area contributed by atoms with Gasteiger partial charge in [-0.3, -0.25) is 9.36 Å². The molecule has 5 nitrogen and oxygen atoms in total. The number of fused-ring (bicyclic) bond motifs is 1. The monoisotopic (exact) mass is 416 g/mol. The van der Waals surface area contributed by atoms with Crippen LogP contribution in [-0.2, 0) is 4.74 Å². The highest BCUT2D eigenvalue weighted by molar-refractivity contribution is 7.99. The number of morpholine rings is 1. The fraction of sp³-hybridized carbons (Fsp3) is 0.429. The molecule has 0 aliphatic carbocycles. The summed E-state index contributed by atoms with van der Waals surface area (Å²) in [5.41, 5.74) is 3.15. The molecule has 1 aliphatic heterocycles. The number of benzene rings is 1. The van der Waals surface area contributed by atoms with Gasteiger partial charge in [-0.25, -0.2) is 4.98 Å². The van der Waals surface area contributed by atoms with Gasteiger partial charge in [0.15, 0.2) is 5.16 Å². The van der Waals surface area contributed by atoms with Crippen LogP contribution in [-0.4, -0.2) is 48.2 Å². The molecule has 1 fully saturated rings. The third-order valence-corrected chi connectivity index (χ3v) is 7.39. The predicted molar refractivity (Wildman–Crippen MR) is 117 cm³/mol. The van der Waals surface area contributed by atoms with Crippen molar-refractivity contribution in [2.24, 2.45) is 0 Å². The van der Waals surface area contributed by atoms with Crippen LogP contribution >= 0.6 is 23.1 Å². The zero-order chi connectivity index (χ0) is 19.7. The number of nitrogens with zero attached hydrogens (tertiary/aromatic N) is 2. The summed E-state index contributed by atoms with van der Waals surface area (Å²) in [5.74, 6) is 0.933. The lowest BCUT2D eigenvalue weighted by molar-refractivity contribution is -0.905. The minimum Gasteiger partial charge on any atom is -0.370 e. The highest BCUT2D eigenvalue weighted by Gasteiger charge is 2.19. The SMILES string of the molecule is Cc1ccc(-n2c(SCC[NH+]3CCOCC3)nc3sc(C)c(C)c3c2=O)cc1. The summed E-state index contributed by atoms with van der Waals surface area (Å²) >= 11 is 3.30. The molecule has 0 saturated carbocycles. The van der Waals surface area contributed by atoms with E-state index in [-0.39, 0.29) is 5.56 Å². The fourth-order valence-electron chi connectivity index (χ4n) is 3.49. The summed E-state index contributed by atoms with van der Waals surface area (Å²) in [4.78, 5) is 21.9. The topological polar surface area (TPSA) is 48.6 Å². The first-order chi connectivity index (χ1) is 13.5. The van der Waals surface area contributed by atoms with Crippen LogP contribution < -0.4 is 10.5 Å². The van der Waals surface area contributed by atoms with Crippen molar-refractivity contribution in [3.05, 3.63) is 50.6 Å². The van der Waals surface area contributed by atoms with Crippen molar-refractivity contribution < 1.29 is 9.64 Å². The van der Waals surface area contributed by atoms with E-state index in [4.69, 9.17) is 9.72 Å². The number of thiophene rings is 1. The minimum absolute atomic E-state index is 0.0388. The average molecular weight is 417 g/mol. The average Bonchev–Trinajstić information content (AvgIpc) is 2.98.